The van der Waals surface area contributed by atoms with E-state index in [1.54, 1.807) is 17.5 Å². The molecule has 3 aliphatic rings. The molecule has 5 heterocycles. The molecule has 3 saturated heterocycles. The van der Waals surface area contributed by atoms with Crippen LogP contribution in [-0.2, 0) is 6.54 Å². The third kappa shape index (κ3) is 3.55. The van der Waals surface area contributed by atoms with E-state index in [4.69, 9.17) is 0 Å². The number of rotatable bonds is 3. The maximum Gasteiger partial charge on any atom is 0.318 e. The van der Waals surface area contributed by atoms with E-state index in [2.05, 4.69) is 15.3 Å². The van der Waals surface area contributed by atoms with Crippen molar-refractivity contribution in [1.82, 2.24) is 25.1 Å². The maximum atomic E-state index is 12.7. The first-order valence-electron chi connectivity index (χ1n) is 8.83. The van der Waals surface area contributed by atoms with Gasteiger partial charge in [-0.2, -0.15) is 0 Å². The molecule has 3 aliphatic heterocycles. The first kappa shape index (κ1) is 17.0. The molecule has 2 unspecified atom stereocenters. The Morgan fingerprint density at radius 2 is 2.15 bits per heavy atom. The molecule has 0 spiro atoms. The molecule has 2 atom stereocenters. The molecule has 8 heteroatoms. The largest absolute Gasteiger partial charge is 0.335 e. The summed E-state index contributed by atoms with van der Waals surface area (Å²) in [6.07, 6.45) is 6.57. The highest BCUT2D eigenvalue weighted by Gasteiger charge is 2.39. The second kappa shape index (κ2) is 7.41. The molecule has 0 aromatic carbocycles. The SMILES string of the molecule is O=C(c1cnccn1)N1CC2CCC(C1)N(C(=O)NCc1cccs1)C2. The third-order valence-electron chi connectivity index (χ3n) is 5.04. The number of hydrogen-bond donors (Lipinski definition) is 1. The van der Waals surface area contributed by atoms with E-state index in [0.29, 0.717) is 37.8 Å². The molecular formula is C18H21N5O2S. The molecule has 2 bridgehead atoms. The van der Waals surface area contributed by atoms with Gasteiger partial charge in [0.2, 0.25) is 0 Å². The molecule has 136 valence electrons. The van der Waals surface area contributed by atoms with E-state index in [-0.39, 0.29) is 18.0 Å². The lowest BCUT2D eigenvalue weighted by Gasteiger charge is -2.35. The highest BCUT2D eigenvalue weighted by atomic mass is 32.1. The predicted molar refractivity (Wildman–Crippen MR) is 97.7 cm³/mol. The van der Waals surface area contributed by atoms with Crippen LogP contribution in [-0.4, -0.2) is 57.4 Å². The van der Waals surface area contributed by atoms with Crippen LogP contribution in [0.5, 0.6) is 0 Å². The summed E-state index contributed by atoms with van der Waals surface area (Å²) >= 11 is 1.63. The Morgan fingerprint density at radius 1 is 1.23 bits per heavy atom. The minimum absolute atomic E-state index is 0.0399. The van der Waals surface area contributed by atoms with E-state index in [1.165, 1.54) is 12.4 Å². The average Bonchev–Trinajstić information content (AvgIpc) is 3.04. The van der Waals surface area contributed by atoms with Crippen molar-refractivity contribution in [2.24, 2.45) is 5.92 Å². The number of carbonyl (C=O) groups excluding carboxylic acids is 2. The lowest BCUT2D eigenvalue weighted by atomic mass is 9.95. The van der Waals surface area contributed by atoms with Crippen molar-refractivity contribution < 1.29 is 9.59 Å². The lowest BCUT2D eigenvalue weighted by molar-refractivity contribution is 0.0735. The highest BCUT2D eigenvalue weighted by Crippen LogP contribution is 2.28. The molecule has 7 nitrogen and oxygen atoms in total. The van der Waals surface area contributed by atoms with Crippen molar-refractivity contribution in [2.75, 3.05) is 19.6 Å². The van der Waals surface area contributed by atoms with Gasteiger partial charge >= 0.3 is 6.03 Å². The number of thiophene rings is 1. The number of amides is 3. The number of urea groups is 1. The van der Waals surface area contributed by atoms with Gasteiger partial charge in [-0.15, -0.1) is 11.3 Å². The molecule has 0 aliphatic carbocycles. The Hall–Kier alpha value is -2.48. The monoisotopic (exact) mass is 371 g/mol. The minimum atomic E-state index is -0.101. The van der Waals surface area contributed by atoms with Crippen LogP contribution >= 0.6 is 11.3 Å². The zero-order valence-electron chi connectivity index (χ0n) is 14.4. The Morgan fingerprint density at radius 3 is 2.92 bits per heavy atom. The second-order valence-corrected chi connectivity index (χ2v) is 7.82. The van der Waals surface area contributed by atoms with Crippen molar-refractivity contribution in [1.29, 1.82) is 0 Å². The van der Waals surface area contributed by atoms with Gasteiger partial charge in [-0.25, -0.2) is 9.78 Å². The molecular weight excluding hydrogens is 350 g/mol. The highest BCUT2D eigenvalue weighted by molar-refractivity contribution is 7.09. The van der Waals surface area contributed by atoms with Gasteiger partial charge in [0.05, 0.1) is 18.8 Å². The number of aromatic nitrogens is 2. The fourth-order valence-electron chi connectivity index (χ4n) is 3.75. The standard InChI is InChI=1S/C18H21N5O2S/c24-17(16-9-19-5-6-20-16)22-10-13-3-4-14(12-22)23(11-13)18(25)21-8-15-2-1-7-26-15/h1-2,5-7,9,13-14H,3-4,8,10-12H2,(H,21,25). The van der Waals surface area contributed by atoms with Crippen LogP contribution in [0.1, 0.15) is 28.2 Å². The van der Waals surface area contributed by atoms with Crippen LogP contribution in [0.15, 0.2) is 36.1 Å². The van der Waals surface area contributed by atoms with Gasteiger partial charge in [-0.05, 0) is 30.2 Å². The van der Waals surface area contributed by atoms with Crippen LogP contribution in [0.3, 0.4) is 0 Å². The van der Waals surface area contributed by atoms with Crippen LogP contribution in [0.2, 0.25) is 0 Å². The summed E-state index contributed by atoms with van der Waals surface area (Å²) in [5, 5.41) is 5.02. The third-order valence-corrected chi connectivity index (χ3v) is 5.91. The molecule has 5 rings (SSSR count). The quantitative estimate of drug-likeness (QED) is 0.895. The van der Waals surface area contributed by atoms with Crippen LogP contribution in [0, 0.1) is 5.92 Å². The van der Waals surface area contributed by atoms with Gasteiger partial charge in [-0.3, -0.25) is 9.78 Å². The molecule has 0 radical (unpaired) electrons. The zero-order valence-corrected chi connectivity index (χ0v) is 15.2. The van der Waals surface area contributed by atoms with Gasteiger partial charge < -0.3 is 15.1 Å². The van der Waals surface area contributed by atoms with Crippen molar-refractivity contribution in [3.8, 4) is 0 Å². The molecule has 2 aromatic heterocycles. The summed E-state index contributed by atoms with van der Waals surface area (Å²) in [5.74, 6) is 0.206. The normalized spacial score (nSPS) is 22.2. The number of hydrogen-bond acceptors (Lipinski definition) is 5. The maximum absolute atomic E-state index is 12.7. The van der Waals surface area contributed by atoms with Crippen molar-refractivity contribution >= 4 is 23.3 Å². The Balaban J connectivity index is 1.43. The van der Waals surface area contributed by atoms with Crippen molar-refractivity contribution in [2.45, 2.75) is 25.4 Å². The number of nitrogens with one attached hydrogen (secondary N) is 1. The molecule has 1 N–H and O–H groups in total. The number of carbonyl (C=O) groups is 2. The predicted octanol–water partition coefficient (Wildman–Crippen LogP) is 1.98. The van der Waals surface area contributed by atoms with E-state index < -0.39 is 0 Å². The smallest absolute Gasteiger partial charge is 0.318 e. The Kier molecular flexibility index (Phi) is 4.83. The van der Waals surface area contributed by atoms with Crippen LogP contribution in [0.25, 0.3) is 0 Å². The summed E-state index contributed by atoms with van der Waals surface area (Å²) in [6.45, 7) is 2.47. The lowest BCUT2D eigenvalue weighted by Crippen LogP contribution is -2.51. The second-order valence-electron chi connectivity index (χ2n) is 6.79. The fraction of sp³-hybridized carbons (Fsp3) is 0.444. The summed E-state index contributed by atoms with van der Waals surface area (Å²) in [4.78, 5) is 38.4. The minimum Gasteiger partial charge on any atom is -0.335 e. The number of piperidine rings is 1. The first-order valence-corrected chi connectivity index (χ1v) is 9.71. The van der Waals surface area contributed by atoms with Crippen molar-refractivity contribution in [3.63, 3.8) is 0 Å². The van der Waals surface area contributed by atoms with Crippen LogP contribution in [0.4, 0.5) is 4.79 Å². The molecule has 3 fully saturated rings. The number of fused-ring (bicyclic) bond motifs is 4. The van der Waals surface area contributed by atoms with Gasteiger partial charge in [0.25, 0.3) is 5.91 Å². The fourth-order valence-corrected chi connectivity index (χ4v) is 4.39. The van der Waals surface area contributed by atoms with E-state index in [0.717, 1.165) is 17.7 Å². The molecule has 0 saturated carbocycles. The summed E-state index contributed by atoms with van der Waals surface area (Å²) in [6, 6.07) is 4.01. The Labute approximate surface area is 156 Å². The summed E-state index contributed by atoms with van der Waals surface area (Å²) in [5.41, 5.74) is 0.363. The zero-order chi connectivity index (χ0) is 17.9. The average molecular weight is 371 g/mol. The van der Waals surface area contributed by atoms with Gasteiger partial charge in [0, 0.05) is 36.9 Å². The van der Waals surface area contributed by atoms with E-state index in [1.807, 2.05) is 27.3 Å². The summed E-state index contributed by atoms with van der Waals surface area (Å²) < 4.78 is 0. The van der Waals surface area contributed by atoms with E-state index >= 15 is 0 Å². The van der Waals surface area contributed by atoms with Gasteiger partial charge in [-0.1, -0.05) is 6.07 Å². The van der Waals surface area contributed by atoms with E-state index in [9.17, 15) is 9.59 Å². The number of nitrogens with zero attached hydrogens (tertiary/aromatic N) is 4. The van der Waals surface area contributed by atoms with Crippen molar-refractivity contribution in [3.05, 3.63) is 46.7 Å². The topological polar surface area (TPSA) is 78.4 Å². The molecule has 3 amide bonds. The van der Waals surface area contributed by atoms with Gasteiger partial charge in [0.15, 0.2) is 0 Å². The first-order chi connectivity index (χ1) is 12.7. The molecule has 26 heavy (non-hydrogen) atoms. The Bertz CT molecular complexity index is 767. The summed E-state index contributed by atoms with van der Waals surface area (Å²) in [7, 11) is 0. The van der Waals surface area contributed by atoms with Gasteiger partial charge in [0.1, 0.15) is 5.69 Å². The molecule has 2 aromatic rings. The van der Waals surface area contributed by atoms with Crippen LogP contribution < -0.4 is 5.32 Å².